The SMILES string of the molecule is Clc1cccc(C#CC2CCN(c3cncc(Cl)c3)CC2)c1. The van der Waals surface area contributed by atoms with E-state index < -0.39 is 0 Å². The molecule has 0 amide bonds. The van der Waals surface area contributed by atoms with Crippen molar-refractivity contribution >= 4 is 28.9 Å². The summed E-state index contributed by atoms with van der Waals surface area (Å²) in [6.45, 7) is 1.97. The van der Waals surface area contributed by atoms with Crippen LogP contribution >= 0.6 is 23.2 Å². The molecule has 0 aliphatic carbocycles. The lowest BCUT2D eigenvalue weighted by molar-refractivity contribution is 0.491. The fourth-order valence-corrected chi connectivity index (χ4v) is 2.97. The number of nitrogens with zero attached hydrogens (tertiary/aromatic N) is 2. The van der Waals surface area contributed by atoms with Crippen molar-refractivity contribution in [3.05, 3.63) is 58.3 Å². The number of pyridine rings is 1. The Morgan fingerprint density at radius 2 is 1.86 bits per heavy atom. The van der Waals surface area contributed by atoms with Crippen LogP contribution < -0.4 is 4.90 Å². The molecule has 0 N–H and O–H groups in total. The Hall–Kier alpha value is -1.69. The van der Waals surface area contributed by atoms with Crippen LogP contribution in [-0.2, 0) is 0 Å². The lowest BCUT2D eigenvalue weighted by atomic mass is 9.97. The van der Waals surface area contributed by atoms with Crippen molar-refractivity contribution in [1.29, 1.82) is 0 Å². The average Bonchev–Trinajstić information content (AvgIpc) is 2.54. The fourth-order valence-electron chi connectivity index (χ4n) is 2.61. The maximum absolute atomic E-state index is 6.00. The van der Waals surface area contributed by atoms with Gasteiger partial charge in [-0.2, -0.15) is 0 Å². The van der Waals surface area contributed by atoms with Gasteiger partial charge >= 0.3 is 0 Å². The van der Waals surface area contributed by atoms with Gasteiger partial charge in [0.2, 0.25) is 0 Å². The van der Waals surface area contributed by atoms with E-state index in [0.717, 1.165) is 42.2 Å². The topological polar surface area (TPSA) is 16.1 Å². The summed E-state index contributed by atoms with van der Waals surface area (Å²) in [4.78, 5) is 6.46. The van der Waals surface area contributed by atoms with Gasteiger partial charge in [0.1, 0.15) is 0 Å². The number of rotatable bonds is 1. The van der Waals surface area contributed by atoms with Gasteiger partial charge in [-0.25, -0.2) is 0 Å². The largest absolute Gasteiger partial charge is 0.370 e. The van der Waals surface area contributed by atoms with Crippen LogP contribution in [-0.4, -0.2) is 18.1 Å². The zero-order chi connectivity index (χ0) is 15.4. The summed E-state index contributed by atoms with van der Waals surface area (Å²) >= 11 is 12.0. The summed E-state index contributed by atoms with van der Waals surface area (Å²) < 4.78 is 0. The molecule has 2 heterocycles. The smallest absolute Gasteiger partial charge is 0.0609 e. The first kappa shape index (κ1) is 15.2. The molecule has 22 heavy (non-hydrogen) atoms. The van der Waals surface area contributed by atoms with Gasteiger partial charge in [-0.05, 0) is 37.1 Å². The van der Waals surface area contributed by atoms with Crippen molar-refractivity contribution in [3.63, 3.8) is 0 Å². The van der Waals surface area contributed by atoms with E-state index in [9.17, 15) is 0 Å². The Kier molecular flexibility index (Phi) is 4.87. The number of hydrogen-bond acceptors (Lipinski definition) is 2. The van der Waals surface area contributed by atoms with E-state index in [1.807, 2.05) is 36.5 Å². The van der Waals surface area contributed by atoms with E-state index in [2.05, 4.69) is 21.7 Å². The second-order valence-electron chi connectivity index (χ2n) is 5.40. The highest BCUT2D eigenvalue weighted by atomic mass is 35.5. The van der Waals surface area contributed by atoms with Crippen LogP contribution in [0.3, 0.4) is 0 Å². The molecule has 3 rings (SSSR count). The van der Waals surface area contributed by atoms with Gasteiger partial charge in [0, 0.05) is 35.8 Å². The van der Waals surface area contributed by atoms with Gasteiger partial charge in [-0.1, -0.05) is 41.1 Å². The summed E-state index contributed by atoms with van der Waals surface area (Å²) in [6, 6.07) is 9.66. The lowest BCUT2D eigenvalue weighted by Crippen LogP contribution is -2.33. The molecular weight excluding hydrogens is 315 g/mol. The highest BCUT2D eigenvalue weighted by Crippen LogP contribution is 2.24. The standard InChI is InChI=1S/C18H16Cl2N2/c19-16-3-1-2-15(10-16)5-4-14-6-8-22(9-7-14)18-11-17(20)12-21-13-18/h1-3,10-14H,6-9H2. The normalized spacial score (nSPS) is 15.3. The molecule has 0 radical (unpaired) electrons. The van der Waals surface area contributed by atoms with Crippen LogP contribution in [0.1, 0.15) is 18.4 Å². The number of aromatic nitrogens is 1. The summed E-state index contributed by atoms with van der Waals surface area (Å²) in [5.41, 5.74) is 2.07. The van der Waals surface area contributed by atoms with E-state index in [4.69, 9.17) is 23.2 Å². The first-order chi connectivity index (χ1) is 10.7. The van der Waals surface area contributed by atoms with Crippen molar-refractivity contribution in [3.8, 4) is 11.8 Å². The molecule has 1 aliphatic heterocycles. The van der Waals surface area contributed by atoms with Crippen LogP contribution in [0.5, 0.6) is 0 Å². The second kappa shape index (κ2) is 7.05. The van der Waals surface area contributed by atoms with Crippen molar-refractivity contribution < 1.29 is 0 Å². The fraction of sp³-hybridized carbons (Fsp3) is 0.278. The maximum atomic E-state index is 6.00. The second-order valence-corrected chi connectivity index (χ2v) is 6.28. The Balaban J connectivity index is 1.61. The zero-order valence-electron chi connectivity index (χ0n) is 12.1. The van der Waals surface area contributed by atoms with E-state index >= 15 is 0 Å². The molecule has 2 nitrogen and oxygen atoms in total. The van der Waals surface area contributed by atoms with Gasteiger partial charge in [-0.3, -0.25) is 4.98 Å². The molecular formula is C18H16Cl2N2. The Bertz CT molecular complexity index is 710. The van der Waals surface area contributed by atoms with E-state index in [0.29, 0.717) is 10.9 Å². The molecule has 2 aromatic rings. The highest BCUT2D eigenvalue weighted by Gasteiger charge is 2.18. The third kappa shape index (κ3) is 3.94. The summed E-state index contributed by atoms with van der Waals surface area (Å²) in [5.74, 6) is 7.04. The van der Waals surface area contributed by atoms with Gasteiger partial charge in [0.15, 0.2) is 0 Å². The molecule has 1 saturated heterocycles. The summed E-state index contributed by atoms with van der Waals surface area (Å²) in [6.07, 6.45) is 5.64. The number of hydrogen-bond donors (Lipinski definition) is 0. The van der Waals surface area contributed by atoms with Crippen LogP contribution in [0, 0.1) is 17.8 Å². The van der Waals surface area contributed by atoms with E-state index in [-0.39, 0.29) is 0 Å². The summed E-state index contributed by atoms with van der Waals surface area (Å²) in [5, 5.41) is 1.41. The molecule has 1 aromatic carbocycles. The van der Waals surface area contributed by atoms with Crippen LogP contribution in [0.15, 0.2) is 42.7 Å². The first-order valence-electron chi connectivity index (χ1n) is 7.33. The van der Waals surface area contributed by atoms with Crippen LogP contribution in [0.4, 0.5) is 5.69 Å². The maximum Gasteiger partial charge on any atom is 0.0609 e. The van der Waals surface area contributed by atoms with Crippen LogP contribution in [0.2, 0.25) is 10.0 Å². The molecule has 112 valence electrons. The average molecular weight is 331 g/mol. The molecule has 0 bridgehead atoms. The minimum atomic E-state index is 0.433. The minimum absolute atomic E-state index is 0.433. The third-order valence-electron chi connectivity index (χ3n) is 3.80. The zero-order valence-corrected chi connectivity index (χ0v) is 13.6. The molecule has 1 fully saturated rings. The molecule has 4 heteroatoms. The molecule has 0 unspecified atom stereocenters. The van der Waals surface area contributed by atoms with E-state index in [1.54, 1.807) is 6.20 Å². The molecule has 1 aromatic heterocycles. The number of anilines is 1. The predicted molar refractivity (Wildman–Crippen MR) is 92.5 cm³/mol. The first-order valence-corrected chi connectivity index (χ1v) is 8.09. The van der Waals surface area contributed by atoms with Gasteiger partial charge in [0.05, 0.1) is 16.9 Å². The van der Waals surface area contributed by atoms with Crippen molar-refractivity contribution in [2.24, 2.45) is 5.92 Å². The number of halogens is 2. The monoisotopic (exact) mass is 330 g/mol. The van der Waals surface area contributed by atoms with Gasteiger partial charge in [0.25, 0.3) is 0 Å². The minimum Gasteiger partial charge on any atom is -0.370 e. The van der Waals surface area contributed by atoms with Gasteiger partial charge in [-0.15, -0.1) is 0 Å². The quantitative estimate of drug-likeness (QED) is 0.707. The van der Waals surface area contributed by atoms with E-state index in [1.165, 1.54) is 0 Å². The third-order valence-corrected chi connectivity index (χ3v) is 4.24. The lowest BCUT2D eigenvalue weighted by Gasteiger charge is -2.31. The van der Waals surface area contributed by atoms with Crippen molar-refractivity contribution in [2.75, 3.05) is 18.0 Å². The number of benzene rings is 1. The Morgan fingerprint density at radius 3 is 2.59 bits per heavy atom. The Labute approximate surface area is 141 Å². The highest BCUT2D eigenvalue weighted by molar-refractivity contribution is 6.31. The molecule has 1 aliphatic rings. The predicted octanol–water partition coefficient (Wildman–Crippen LogP) is 4.66. The Morgan fingerprint density at radius 1 is 1.05 bits per heavy atom. The molecule has 0 saturated carbocycles. The number of piperidine rings is 1. The van der Waals surface area contributed by atoms with Crippen molar-refractivity contribution in [2.45, 2.75) is 12.8 Å². The van der Waals surface area contributed by atoms with Crippen molar-refractivity contribution in [1.82, 2.24) is 4.98 Å². The summed E-state index contributed by atoms with van der Waals surface area (Å²) in [7, 11) is 0. The molecule has 0 spiro atoms. The molecule has 0 atom stereocenters. The van der Waals surface area contributed by atoms with Crippen LogP contribution in [0.25, 0.3) is 0 Å². The van der Waals surface area contributed by atoms with Gasteiger partial charge < -0.3 is 4.90 Å².